The summed E-state index contributed by atoms with van der Waals surface area (Å²) >= 11 is 1.14. The van der Waals surface area contributed by atoms with Gasteiger partial charge < -0.3 is 14.2 Å². The fraction of sp³-hybridized carbons (Fsp3) is 0.208. The molecular formula is C24H19N3O7S. The molecule has 0 radical (unpaired) electrons. The maximum Gasteiger partial charge on any atom is 0.338 e. The van der Waals surface area contributed by atoms with Gasteiger partial charge in [-0.05, 0) is 43.2 Å². The number of fused-ring (bicyclic) bond motifs is 2. The molecule has 11 heteroatoms. The van der Waals surface area contributed by atoms with Crippen LogP contribution >= 0.6 is 11.3 Å². The second kappa shape index (κ2) is 8.84. The molecule has 0 saturated carbocycles. The van der Waals surface area contributed by atoms with Gasteiger partial charge in [0, 0.05) is 12.1 Å². The molecule has 5 rings (SSSR count). The Hall–Kier alpha value is -4.25. The molecule has 0 spiro atoms. The lowest BCUT2D eigenvalue weighted by Crippen LogP contribution is -2.39. The van der Waals surface area contributed by atoms with Crippen molar-refractivity contribution in [3.63, 3.8) is 0 Å². The van der Waals surface area contributed by atoms with Crippen LogP contribution in [0.4, 0.5) is 5.69 Å². The van der Waals surface area contributed by atoms with E-state index in [0.717, 1.165) is 11.3 Å². The minimum Gasteiger partial charge on any atom is -0.463 e. The van der Waals surface area contributed by atoms with Gasteiger partial charge in [-0.2, -0.15) is 0 Å². The van der Waals surface area contributed by atoms with Crippen LogP contribution in [0.3, 0.4) is 0 Å². The highest BCUT2D eigenvalue weighted by atomic mass is 32.1. The maximum atomic E-state index is 13.6. The lowest BCUT2D eigenvalue weighted by atomic mass is 9.95. The fourth-order valence-electron chi connectivity index (χ4n) is 4.07. The predicted molar refractivity (Wildman–Crippen MR) is 126 cm³/mol. The largest absolute Gasteiger partial charge is 0.463 e. The first-order valence-corrected chi connectivity index (χ1v) is 11.5. The molecule has 0 aliphatic carbocycles. The van der Waals surface area contributed by atoms with Crippen molar-refractivity contribution in [1.29, 1.82) is 0 Å². The van der Waals surface area contributed by atoms with Crippen molar-refractivity contribution in [2.45, 2.75) is 19.9 Å². The summed E-state index contributed by atoms with van der Waals surface area (Å²) in [6.07, 6.45) is 1.58. The molecule has 0 amide bonds. The van der Waals surface area contributed by atoms with E-state index in [2.05, 4.69) is 4.99 Å². The minimum atomic E-state index is -0.799. The van der Waals surface area contributed by atoms with Crippen LogP contribution in [0.1, 0.15) is 31.0 Å². The van der Waals surface area contributed by atoms with E-state index >= 15 is 0 Å². The Balaban J connectivity index is 1.71. The number of non-ortho nitro benzene ring substituents is 1. The van der Waals surface area contributed by atoms with Crippen LogP contribution in [-0.2, 0) is 9.53 Å². The Morgan fingerprint density at radius 1 is 1.29 bits per heavy atom. The first kappa shape index (κ1) is 22.5. The monoisotopic (exact) mass is 493 g/mol. The second-order valence-electron chi connectivity index (χ2n) is 7.77. The zero-order chi connectivity index (χ0) is 24.7. The maximum absolute atomic E-state index is 13.6. The number of carbonyl (C=O) groups excluding carboxylic acids is 1. The summed E-state index contributed by atoms with van der Waals surface area (Å²) in [6.45, 7) is 3.66. The number of nitro benzene ring substituents is 1. The van der Waals surface area contributed by atoms with E-state index in [4.69, 9.17) is 14.2 Å². The Bertz CT molecular complexity index is 1590. The molecule has 0 unspecified atom stereocenters. The van der Waals surface area contributed by atoms with Gasteiger partial charge in [0.05, 0.1) is 33.4 Å². The average Bonchev–Trinajstić information content (AvgIpc) is 3.42. The molecule has 3 aromatic rings. The quantitative estimate of drug-likeness (QED) is 0.304. The van der Waals surface area contributed by atoms with Crippen molar-refractivity contribution in [2.75, 3.05) is 13.4 Å². The number of allylic oxidation sites excluding steroid dienone is 1. The summed E-state index contributed by atoms with van der Waals surface area (Å²) in [5.41, 5.74) is 1.37. The van der Waals surface area contributed by atoms with Crippen LogP contribution in [-0.4, -0.2) is 28.9 Å². The van der Waals surface area contributed by atoms with E-state index in [1.807, 2.05) is 0 Å². The lowest BCUT2D eigenvalue weighted by Gasteiger charge is -2.24. The van der Waals surface area contributed by atoms with E-state index in [1.54, 1.807) is 50.3 Å². The summed E-state index contributed by atoms with van der Waals surface area (Å²) in [5, 5.41) is 11.1. The number of aromatic nitrogens is 1. The number of benzene rings is 2. The zero-order valence-electron chi connectivity index (χ0n) is 18.7. The van der Waals surface area contributed by atoms with Crippen molar-refractivity contribution >= 4 is 29.1 Å². The molecule has 2 aromatic carbocycles. The fourth-order valence-corrected chi connectivity index (χ4v) is 5.12. The molecular weight excluding hydrogens is 474 g/mol. The van der Waals surface area contributed by atoms with Crippen LogP contribution in [0, 0.1) is 10.1 Å². The Kier molecular flexibility index (Phi) is 5.69. The van der Waals surface area contributed by atoms with Gasteiger partial charge in [-0.25, -0.2) is 9.79 Å². The van der Waals surface area contributed by atoms with Crippen LogP contribution in [0.2, 0.25) is 0 Å². The average molecular weight is 493 g/mol. The number of nitro groups is 1. The molecule has 178 valence electrons. The number of ether oxygens (including phenoxy) is 3. The van der Waals surface area contributed by atoms with Crippen molar-refractivity contribution in [3.8, 4) is 11.5 Å². The molecule has 0 fully saturated rings. The van der Waals surface area contributed by atoms with Crippen LogP contribution in [0.15, 0.2) is 63.5 Å². The lowest BCUT2D eigenvalue weighted by molar-refractivity contribution is -0.384. The van der Waals surface area contributed by atoms with Crippen LogP contribution in [0.25, 0.3) is 6.08 Å². The molecule has 2 aliphatic heterocycles. The van der Waals surface area contributed by atoms with Gasteiger partial charge in [-0.15, -0.1) is 0 Å². The summed E-state index contributed by atoms with van der Waals surface area (Å²) in [4.78, 5) is 42.2. The van der Waals surface area contributed by atoms with Crippen molar-refractivity contribution in [2.24, 2.45) is 4.99 Å². The highest BCUT2D eigenvalue weighted by Gasteiger charge is 2.34. The van der Waals surface area contributed by atoms with E-state index in [0.29, 0.717) is 37.7 Å². The molecule has 2 aliphatic rings. The number of hydrogen-bond donors (Lipinski definition) is 0. The van der Waals surface area contributed by atoms with E-state index < -0.39 is 16.9 Å². The van der Waals surface area contributed by atoms with Crippen LogP contribution in [0.5, 0.6) is 11.5 Å². The zero-order valence-corrected chi connectivity index (χ0v) is 19.5. The summed E-state index contributed by atoms with van der Waals surface area (Å²) in [5.74, 6) is 0.522. The van der Waals surface area contributed by atoms with Crippen molar-refractivity contribution in [3.05, 3.63) is 94.7 Å². The van der Waals surface area contributed by atoms with Gasteiger partial charge in [-0.1, -0.05) is 29.5 Å². The van der Waals surface area contributed by atoms with E-state index in [1.165, 1.54) is 16.7 Å². The number of rotatable bonds is 5. The summed E-state index contributed by atoms with van der Waals surface area (Å²) in [7, 11) is 0. The first-order chi connectivity index (χ1) is 16.9. The molecule has 1 atom stereocenters. The molecule has 0 bridgehead atoms. The summed E-state index contributed by atoms with van der Waals surface area (Å²) < 4.78 is 18.0. The molecule has 10 nitrogen and oxygen atoms in total. The second-order valence-corrected chi connectivity index (χ2v) is 8.78. The van der Waals surface area contributed by atoms with Crippen molar-refractivity contribution in [1.82, 2.24) is 4.57 Å². The number of esters is 1. The standard InChI is InChI=1S/C24H19N3O7S/c1-3-32-23(29)20-13(2)25-24-26(21(20)15-7-8-17-18(11-15)34-12-33-17)22(28)19(35-24)10-14-5-4-6-16(9-14)27(30)31/h4-11,21H,3,12H2,1-2H3/b19-10-/t21-/m1/s1. The molecule has 35 heavy (non-hydrogen) atoms. The van der Waals surface area contributed by atoms with Gasteiger partial charge >= 0.3 is 5.97 Å². The Morgan fingerprint density at radius 2 is 2.09 bits per heavy atom. The Labute approximate surface area is 202 Å². The summed E-state index contributed by atoms with van der Waals surface area (Å²) in [6, 6.07) is 10.4. The third-order valence-electron chi connectivity index (χ3n) is 5.61. The smallest absolute Gasteiger partial charge is 0.338 e. The SMILES string of the molecule is CCOC(=O)C1=C(C)N=c2s/c(=C\c3cccc([N+](=O)[O-])c3)c(=O)n2[C@@H]1c1ccc2c(c1)OCO2. The van der Waals surface area contributed by atoms with Gasteiger partial charge in [0.1, 0.15) is 0 Å². The van der Waals surface area contributed by atoms with Gasteiger partial charge in [-0.3, -0.25) is 19.5 Å². The van der Waals surface area contributed by atoms with Crippen molar-refractivity contribution < 1.29 is 23.9 Å². The molecule has 3 heterocycles. The first-order valence-electron chi connectivity index (χ1n) is 10.7. The normalized spacial score (nSPS) is 16.6. The predicted octanol–water partition coefficient (Wildman–Crippen LogP) is 2.44. The van der Waals surface area contributed by atoms with Gasteiger partial charge in [0.25, 0.3) is 11.2 Å². The van der Waals surface area contributed by atoms with E-state index in [-0.39, 0.29) is 30.2 Å². The topological polar surface area (TPSA) is 122 Å². The van der Waals surface area contributed by atoms with Gasteiger partial charge in [0.2, 0.25) is 6.79 Å². The van der Waals surface area contributed by atoms with Gasteiger partial charge in [0.15, 0.2) is 16.3 Å². The highest BCUT2D eigenvalue weighted by Crippen LogP contribution is 2.38. The third kappa shape index (κ3) is 3.99. The number of nitrogens with zero attached hydrogens (tertiary/aromatic N) is 3. The number of thiazole rings is 1. The number of carbonyl (C=O) groups is 1. The minimum absolute atomic E-state index is 0.0785. The van der Waals surface area contributed by atoms with Crippen LogP contribution < -0.4 is 24.4 Å². The Morgan fingerprint density at radius 3 is 2.86 bits per heavy atom. The molecule has 0 saturated heterocycles. The highest BCUT2D eigenvalue weighted by molar-refractivity contribution is 7.07. The third-order valence-corrected chi connectivity index (χ3v) is 6.59. The van der Waals surface area contributed by atoms with E-state index in [9.17, 15) is 19.7 Å². The molecule has 0 N–H and O–H groups in total. The molecule has 1 aromatic heterocycles. The number of hydrogen-bond acceptors (Lipinski definition) is 9.